The Morgan fingerprint density at radius 1 is 1.19 bits per heavy atom. The van der Waals surface area contributed by atoms with Crippen molar-refractivity contribution in [1.82, 2.24) is 15.1 Å². The van der Waals surface area contributed by atoms with Gasteiger partial charge in [0, 0.05) is 45.3 Å². The number of rotatable bonds is 3. The van der Waals surface area contributed by atoms with Crippen molar-refractivity contribution in [2.45, 2.75) is 45.8 Å². The van der Waals surface area contributed by atoms with Crippen LogP contribution in [0.15, 0.2) is 0 Å². The summed E-state index contributed by atoms with van der Waals surface area (Å²) in [6.45, 7) is 15.4. The maximum atomic E-state index is 12.3. The van der Waals surface area contributed by atoms with Gasteiger partial charge < -0.3 is 15.0 Å². The maximum Gasteiger partial charge on any atom is 0.310 e. The molecule has 0 radical (unpaired) electrons. The molecule has 2 aliphatic heterocycles. The molecule has 0 amide bonds. The van der Waals surface area contributed by atoms with Crippen molar-refractivity contribution < 1.29 is 9.53 Å². The second kappa shape index (κ2) is 7.07. The molecule has 0 aromatic heterocycles. The Labute approximate surface area is 129 Å². The zero-order valence-corrected chi connectivity index (χ0v) is 14.0. The SMILES string of the molecule is CCN1CCN(C2CNCC(C(=O)OC(C)(C)C)C2)CC1. The number of esters is 1. The third kappa shape index (κ3) is 4.94. The van der Waals surface area contributed by atoms with E-state index in [4.69, 9.17) is 4.74 Å². The lowest BCUT2D eigenvalue weighted by Crippen LogP contribution is -2.56. The van der Waals surface area contributed by atoms with Crippen molar-refractivity contribution >= 4 is 5.97 Å². The summed E-state index contributed by atoms with van der Waals surface area (Å²) in [5.41, 5.74) is -0.392. The highest BCUT2D eigenvalue weighted by Gasteiger charge is 2.34. The first kappa shape index (κ1) is 16.7. The standard InChI is InChI=1S/C16H31N3O2/c1-5-18-6-8-19(9-7-18)14-10-13(11-17-12-14)15(20)21-16(2,3)4/h13-14,17H,5-12H2,1-4H3. The summed E-state index contributed by atoms with van der Waals surface area (Å²) in [6, 6.07) is 0.468. The molecular formula is C16H31N3O2. The van der Waals surface area contributed by atoms with Crippen molar-refractivity contribution in [1.29, 1.82) is 0 Å². The first-order chi connectivity index (χ1) is 9.89. The van der Waals surface area contributed by atoms with Crippen LogP contribution >= 0.6 is 0 Å². The van der Waals surface area contributed by atoms with Gasteiger partial charge in [-0.1, -0.05) is 6.92 Å². The number of ether oxygens (including phenoxy) is 1. The lowest BCUT2D eigenvalue weighted by atomic mass is 9.94. The Kier molecular flexibility index (Phi) is 5.63. The monoisotopic (exact) mass is 297 g/mol. The van der Waals surface area contributed by atoms with E-state index in [1.54, 1.807) is 0 Å². The Morgan fingerprint density at radius 3 is 2.43 bits per heavy atom. The molecule has 2 atom stereocenters. The van der Waals surface area contributed by atoms with E-state index in [9.17, 15) is 4.79 Å². The average molecular weight is 297 g/mol. The van der Waals surface area contributed by atoms with E-state index in [0.29, 0.717) is 6.04 Å². The lowest BCUT2D eigenvalue weighted by molar-refractivity contribution is -0.161. The largest absolute Gasteiger partial charge is 0.460 e. The minimum absolute atomic E-state index is 0.00724. The van der Waals surface area contributed by atoms with Crippen LogP contribution in [0.5, 0.6) is 0 Å². The van der Waals surface area contributed by atoms with Gasteiger partial charge in [-0.3, -0.25) is 9.69 Å². The predicted octanol–water partition coefficient (Wildman–Crippen LogP) is 0.944. The Hall–Kier alpha value is -0.650. The van der Waals surface area contributed by atoms with Gasteiger partial charge in [-0.05, 0) is 33.7 Å². The van der Waals surface area contributed by atoms with E-state index in [0.717, 1.165) is 52.2 Å². The minimum Gasteiger partial charge on any atom is -0.460 e. The van der Waals surface area contributed by atoms with Gasteiger partial charge in [0.05, 0.1) is 5.92 Å². The molecule has 0 aromatic carbocycles. The molecule has 0 saturated carbocycles. The van der Waals surface area contributed by atoms with E-state index in [1.807, 2.05) is 20.8 Å². The molecule has 2 aliphatic rings. The number of nitrogens with zero attached hydrogens (tertiary/aromatic N) is 2. The quantitative estimate of drug-likeness (QED) is 0.786. The van der Waals surface area contributed by atoms with Crippen molar-refractivity contribution in [3.8, 4) is 0 Å². The minimum atomic E-state index is -0.392. The summed E-state index contributed by atoms with van der Waals surface area (Å²) >= 11 is 0. The van der Waals surface area contributed by atoms with Crippen molar-refractivity contribution in [3.63, 3.8) is 0 Å². The van der Waals surface area contributed by atoms with E-state index in [1.165, 1.54) is 0 Å². The van der Waals surface area contributed by atoms with Crippen molar-refractivity contribution in [3.05, 3.63) is 0 Å². The number of hydrogen-bond acceptors (Lipinski definition) is 5. The summed E-state index contributed by atoms with van der Waals surface area (Å²) in [5, 5.41) is 3.42. The molecule has 2 unspecified atom stereocenters. The number of piperazine rings is 1. The number of hydrogen-bond donors (Lipinski definition) is 1. The van der Waals surface area contributed by atoms with Gasteiger partial charge in [-0.15, -0.1) is 0 Å². The molecule has 2 heterocycles. The summed E-state index contributed by atoms with van der Waals surface area (Å²) in [5.74, 6) is -0.0564. The molecule has 2 fully saturated rings. The first-order valence-corrected chi connectivity index (χ1v) is 8.29. The molecule has 1 N–H and O–H groups in total. The maximum absolute atomic E-state index is 12.3. The number of carbonyl (C=O) groups is 1. The highest BCUT2D eigenvalue weighted by molar-refractivity contribution is 5.73. The van der Waals surface area contributed by atoms with Crippen LogP contribution in [-0.4, -0.2) is 73.2 Å². The topological polar surface area (TPSA) is 44.8 Å². The Morgan fingerprint density at radius 2 is 1.86 bits per heavy atom. The van der Waals surface area contributed by atoms with Gasteiger partial charge in [-0.2, -0.15) is 0 Å². The van der Waals surface area contributed by atoms with E-state index in [-0.39, 0.29) is 11.9 Å². The van der Waals surface area contributed by atoms with Crippen molar-refractivity contribution in [2.24, 2.45) is 5.92 Å². The van der Waals surface area contributed by atoms with Crippen LogP contribution in [0.25, 0.3) is 0 Å². The van der Waals surface area contributed by atoms with Gasteiger partial charge in [0.15, 0.2) is 0 Å². The molecule has 0 aromatic rings. The highest BCUT2D eigenvalue weighted by Crippen LogP contribution is 2.21. The third-order valence-corrected chi connectivity index (χ3v) is 4.44. The van der Waals surface area contributed by atoms with E-state index in [2.05, 4.69) is 22.0 Å². The molecule has 5 heteroatoms. The second-order valence-electron chi connectivity index (χ2n) is 7.25. The van der Waals surface area contributed by atoms with Crippen LogP contribution in [0.2, 0.25) is 0 Å². The lowest BCUT2D eigenvalue weighted by Gasteiger charge is -2.42. The Bertz CT molecular complexity index is 346. The zero-order valence-electron chi connectivity index (χ0n) is 14.0. The van der Waals surface area contributed by atoms with Gasteiger partial charge in [-0.25, -0.2) is 0 Å². The normalized spacial score (nSPS) is 29.3. The molecule has 0 bridgehead atoms. The molecular weight excluding hydrogens is 266 g/mol. The molecule has 21 heavy (non-hydrogen) atoms. The summed E-state index contributed by atoms with van der Waals surface area (Å²) in [4.78, 5) is 17.3. The fourth-order valence-electron chi connectivity index (χ4n) is 3.21. The second-order valence-corrected chi connectivity index (χ2v) is 7.25. The predicted molar refractivity (Wildman–Crippen MR) is 84.3 cm³/mol. The van der Waals surface area contributed by atoms with E-state index < -0.39 is 5.60 Å². The fraction of sp³-hybridized carbons (Fsp3) is 0.938. The number of nitrogens with one attached hydrogen (secondary N) is 1. The van der Waals surface area contributed by atoms with Gasteiger partial charge in [0.2, 0.25) is 0 Å². The summed E-state index contributed by atoms with van der Waals surface area (Å²) in [7, 11) is 0. The highest BCUT2D eigenvalue weighted by atomic mass is 16.6. The molecule has 0 aliphatic carbocycles. The van der Waals surface area contributed by atoms with E-state index >= 15 is 0 Å². The third-order valence-electron chi connectivity index (χ3n) is 4.44. The van der Waals surface area contributed by atoms with Crippen LogP contribution < -0.4 is 5.32 Å². The first-order valence-electron chi connectivity index (χ1n) is 8.29. The summed E-state index contributed by atoms with van der Waals surface area (Å²) < 4.78 is 5.54. The zero-order chi connectivity index (χ0) is 15.5. The van der Waals surface area contributed by atoms with Crippen molar-refractivity contribution in [2.75, 3.05) is 45.8 Å². The molecule has 122 valence electrons. The Balaban J connectivity index is 1.85. The average Bonchev–Trinajstić information content (AvgIpc) is 2.46. The number of carbonyl (C=O) groups excluding carboxylic acids is 1. The van der Waals surface area contributed by atoms with Crippen LogP contribution in [0.3, 0.4) is 0 Å². The van der Waals surface area contributed by atoms with Crippen LogP contribution in [0, 0.1) is 5.92 Å². The molecule has 0 spiro atoms. The number of piperidine rings is 1. The smallest absolute Gasteiger partial charge is 0.310 e. The fourth-order valence-corrected chi connectivity index (χ4v) is 3.21. The van der Waals surface area contributed by atoms with Crippen LogP contribution in [0.4, 0.5) is 0 Å². The molecule has 2 rings (SSSR count). The molecule has 2 saturated heterocycles. The van der Waals surface area contributed by atoms with Gasteiger partial charge in [0.25, 0.3) is 0 Å². The summed E-state index contributed by atoms with van der Waals surface area (Å²) in [6.07, 6.45) is 0.925. The number of likely N-dealkylation sites (N-methyl/N-ethyl adjacent to an activating group) is 1. The molecule has 5 nitrogen and oxygen atoms in total. The van der Waals surface area contributed by atoms with Gasteiger partial charge in [0.1, 0.15) is 5.60 Å². The van der Waals surface area contributed by atoms with Crippen LogP contribution in [0.1, 0.15) is 34.1 Å². The van der Waals surface area contributed by atoms with Crippen LogP contribution in [-0.2, 0) is 9.53 Å². The van der Waals surface area contributed by atoms with Gasteiger partial charge >= 0.3 is 5.97 Å².